The molecule has 1 heterocycles. The predicted molar refractivity (Wildman–Crippen MR) is 66.6 cm³/mol. The van der Waals surface area contributed by atoms with Crippen molar-refractivity contribution in [1.29, 1.82) is 0 Å². The van der Waals surface area contributed by atoms with Crippen LogP contribution in [-0.2, 0) is 15.3 Å². The van der Waals surface area contributed by atoms with Gasteiger partial charge in [0.1, 0.15) is 5.76 Å². The van der Waals surface area contributed by atoms with Gasteiger partial charge < -0.3 is 14.9 Å². The predicted octanol–water partition coefficient (Wildman–Crippen LogP) is 0.796. The molecule has 4 rings (SSSR count). The highest BCUT2D eigenvalue weighted by Gasteiger charge is 2.72. The summed E-state index contributed by atoms with van der Waals surface area (Å²) in [7, 11) is 0. The van der Waals surface area contributed by atoms with E-state index in [2.05, 4.69) is 0 Å². The molecule has 2 N–H and O–H groups in total. The summed E-state index contributed by atoms with van der Waals surface area (Å²) < 4.78 is 5.49. The Morgan fingerprint density at radius 2 is 1.85 bits per heavy atom. The topological polar surface area (TPSA) is 83.8 Å². The molecule has 0 saturated carbocycles. The second-order valence-electron chi connectivity index (χ2n) is 5.41. The molecule has 0 aromatic heterocycles. The minimum absolute atomic E-state index is 0.0625. The molecule has 3 aliphatic rings. The normalized spacial score (nSPS) is 34.7. The van der Waals surface area contributed by atoms with Crippen molar-refractivity contribution in [2.24, 2.45) is 0 Å². The second-order valence-corrected chi connectivity index (χ2v) is 5.41. The lowest BCUT2D eigenvalue weighted by molar-refractivity contribution is -0.236. The van der Waals surface area contributed by atoms with Crippen LogP contribution in [0.3, 0.4) is 0 Å². The first-order valence-corrected chi connectivity index (χ1v) is 6.55. The Balaban J connectivity index is 2.01. The first kappa shape index (κ1) is 11.8. The lowest BCUT2D eigenvalue weighted by Crippen LogP contribution is -2.52. The number of benzene rings is 1. The molecule has 0 radical (unpaired) electrons. The molecule has 2 atom stereocenters. The quantitative estimate of drug-likeness (QED) is 0.729. The number of rotatable bonds is 0. The van der Waals surface area contributed by atoms with E-state index in [1.165, 1.54) is 12.1 Å². The largest absolute Gasteiger partial charge is 0.458 e. The molecule has 0 fully saturated rings. The monoisotopic (exact) mass is 272 g/mol. The molecule has 0 saturated heterocycles. The van der Waals surface area contributed by atoms with Crippen LogP contribution < -0.4 is 0 Å². The van der Waals surface area contributed by atoms with Crippen LogP contribution in [0.4, 0.5) is 0 Å². The highest BCUT2D eigenvalue weighted by atomic mass is 16.7. The Hall–Kier alpha value is -1.98. The summed E-state index contributed by atoms with van der Waals surface area (Å²) in [6.07, 6.45) is 1.30. The Morgan fingerprint density at radius 3 is 2.65 bits per heavy atom. The Labute approximate surface area is 114 Å². The number of aliphatic hydroxyl groups is 2. The van der Waals surface area contributed by atoms with Gasteiger partial charge in [-0.05, 0) is 6.42 Å². The maximum atomic E-state index is 12.5. The van der Waals surface area contributed by atoms with Crippen molar-refractivity contribution in [3.05, 3.63) is 46.7 Å². The fourth-order valence-electron chi connectivity index (χ4n) is 3.43. The molecule has 102 valence electrons. The molecular formula is C15H12O5. The van der Waals surface area contributed by atoms with Gasteiger partial charge in [-0.3, -0.25) is 9.59 Å². The Bertz CT molecular complexity index is 704. The minimum Gasteiger partial charge on any atom is -0.458 e. The number of fused-ring (bicyclic) bond motifs is 4. The summed E-state index contributed by atoms with van der Waals surface area (Å²) in [5, 5.41) is 21.6. The number of carbonyl (C=O) groups excluding carboxylic acids is 2. The molecule has 5 nitrogen and oxygen atoms in total. The molecule has 1 aliphatic heterocycles. The fourth-order valence-corrected chi connectivity index (χ4v) is 3.43. The van der Waals surface area contributed by atoms with Crippen LogP contribution >= 0.6 is 0 Å². The number of hydrogen-bond donors (Lipinski definition) is 2. The highest BCUT2D eigenvalue weighted by molar-refractivity contribution is 6.17. The van der Waals surface area contributed by atoms with Crippen molar-refractivity contribution in [3.8, 4) is 0 Å². The summed E-state index contributed by atoms with van der Waals surface area (Å²) in [5.41, 5.74) is -1.95. The number of carbonyl (C=O) groups is 2. The van der Waals surface area contributed by atoms with Gasteiger partial charge in [0.15, 0.2) is 5.78 Å². The van der Waals surface area contributed by atoms with Gasteiger partial charge in [0, 0.05) is 24.0 Å². The van der Waals surface area contributed by atoms with E-state index in [4.69, 9.17) is 4.74 Å². The van der Waals surface area contributed by atoms with Crippen molar-refractivity contribution in [1.82, 2.24) is 0 Å². The summed E-state index contributed by atoms with van der Waals surface area (Å²) >= 11 is 0. The summed E-state index contributed by atoms with van der Waals surface area (Å²) in [6, 6.07) is 6.34. The van der Waals surface area contributed by atoms with Crippen molar-refractivity contribution >= 4 is 11.6 Å². The van der Waals surface area contributed by atoms with Gasteiger partial charge in [0.05, 0.1) is 5.57 Å². The smallest absolute Gasteiger partial charge is 0.276 e. The maximum Gasteiger partial charge on any atom is 0.276 e. The van der Waals surface area contributed by atoms with E-state index >= 15 is 0 Å². The molecule has 1 aromatic rings. The average Bonchev–Trinajstić information content (AvgIpc) is 2.77. The van der Waals surface area contributed by atoms with Gasteiger partial charge in [-0.2, -0.15) is 0 Å². The van der Waals surface area contributed by atoms with Crippen LogP contribution in [0.1, 0.15) is 35.2 Å². The zero-order chi connectivity index (χ0) is 14.1. The number of Topliss-reactive ketones (excluding diaryl/α,β-unsaturated/α-hetero) is 2. The van der Waals surface area contributed by atoms with E-state index in [0.29, 0.717) is 12.8 Å². The number of hydrogen-bond acceptors (Lipinski definition) is 5. The van der Waals surface area contributed by atoms with E-state index in [0.717, 1.165) is 0 Å². The molecular weight excluding hydrogens is 260 g/mol. The van der Waals surface area contributed by atoms with Gasteiger partial charge in [0.2, 0.25) is 11.4 Å². The Morgan fingerprint density at radius 1 is 1.10 bits per heavy atom. The van der Waals surface area contributed by atoms with Gasteiger partial charge in [-0.15, -0.1) is 0 Å². The average molecular weight is 272 g/mol. The molecule has 0 spiro atoms. The third kappa shape index (κ3) is 1.04. The van der Waals surface area contributed by atoms with Crippen LogP contribution in [0.2, 0.25) is 0 Å². The standard InChI is InChI=1S/C15H12O5/c16-10-6-3-7-11-12(10)14(18)13(17)8-4-1-2-5-9(8)15(14,19)20-11/h1-2,4-5,18-19H,3,6-7H2/t14-,15-/m1/s1. The van der Waals surface area contributed by atoms with Gasteiger partial charge in [-0.1, -0.05) is 24.3 Å². The highest BCUT2D eigenvalue weighted by Crippen LogP contribution is 2.56. The first-order valence-electron chi connectivity index (χ1n) is 6.55. The number of ketones is 2. The van der Waals surface area contributed by atoms with Crippen LogP contribution in [0.5, 0.6) is 0 Å². The molecule has 2 aliphatic carbocycles. The third-order valence-corrected chi connectivity index (χ3v) is 4.35. The van der Waals surface area contributed by atoms with Crippen LogP contribution in [0.25, 0.3) is 0 Å². The van der Waals surface area contributed by atoms with Gasteiger partial charge in [0.25, 0.3) is 5.79 Å². The van der Waals surface area contributed by atoms with Crippen LogP contribution in [-0.4, -0.2) is 27.4 Å². The van der Waals surface area contributed by atoms with E-state index in [1.807, 2.05) is 0 Å². The lowest BCUT2D eigenvalue weighted by atomic mass is 9.80. The first-order chi connectivity index (χ1) is 9.50. The summed E-state index contributed by atoms with van der Waals surface area (Å²) in [6.45, 7) is 0. The van der Waals surface area contributed by atoms with Crippen LogP contribution in [0, 0.1) is 0 Å². The van der Waals surface area contributed by atoms with Crippen molar-refractivity contribution in [3.63, 3.8) is 0 Å². The summed E-state index contributed by atoms with van der Waals surface area (Å²) in [5.74, 6) is -2.93. The summed E-state index contributed by atoms with van der Waals surface area (Å²) in [4.78, 5) is 24.6. The second kappa shape index (κ2) is 3.37. The molecule has 0 bridgehead atoms. The van der Waals surface area contributed by atoms with Crippen molar-refractivity contribution in [2.45, 2.75) is 30.7 Å². The fraction of sp³-hybridized carbons (Fsp3) is 0.333. The van der Waals surface area contributed by atoms with Crippen molar-refractivity contribution in [2.75, 3.05) is 0 Å². The van der Waals surface area contributed by atoms with Crippen LogP contribution in [0.15, 0.2) is 35.6 Å². The third-order valence-electron chi connectivity index (χ3n) is 4.35. The van der Waals surface area contributed by atoms with Gasteiger partial charge in [-0.25, -0.2) is 0 Å². The van der Waals surface area contributed by atoms with E-state index < -0.39 is 17.2 Å². The number of ether oxygens (including phenoxy) is 1. The maximum absolute atomic E-state index is 12.5. The van der Waals surface area contributed by atoms with E-state index in [1.54, 1.807) is 12.1 Å². The molecule has 0 unspecified atom stereocenters. The van der Waals surface area contributed by atoms with Crippen molar-refractivity contribution < 1.29 is 24.5 Å². The van der Waals surface area contributed by atoms with Gasteiger partial charge >= 0.3 is 0 Å². The zero-order valence-corrected chi connectivity index (χ0v) is 10.5. The Kier molecular flexibility index (Phi) is 1.99. The molecule has 0 amide bonds. The van der Waals surface area contributed by atoms with E-state index in [9.17, 15) is 19.8 Å². The lowest BCUT2D eigenvalue weighted by Gasteiger charge is -2.30. The molecule has 20 heavy (non-hydrogen) atoms. The molecule has 5 heteroatoms. The molecule has 1 aromatic carbocycles. The zero-order valence-electron chi connectivity index (χ0n) is 10.5. The van der Waals surface area contributed by atoms with E-state index in [-0.39, 0.29) is 34.7 Å². The number of allylic oxidation sites excluding steroid dienone is 1. The SMILES string of the molecule is O=C1CCCC2=C1[C@@]1(O)C(=O)c3ccccc3[C@@]1(O)O2. The minimum atomic E-state index is -2.30.